The Kier molecular flexibility index (Phi) is 4.62. The molecule has 0 aromatic carbocycles. The first-order chi connectivity index (χ1) is 8.25. The van der Waals surface area contributed by atoms with E-state index < -0.39 is 0 Å². The van der Waals surface area contributed by atoms with Gasteiger partial charge in [0, 0.05) is 5.25 Å². The Balaban J connectivity index is 1.71. The molecule has 0 saturated heterocycles. The van der Waals surface area contributed by atoms with Gasteiger partial charge in [0.1, 0.15) is 0 Å². The average Bonchev–Trinajstić information content (AvgIpc) is 2.99. The zero-order valence-corrected chi connectivity index (χ0v) is 11.1. The Morgan fingerprint density at radius 3 is 2.82 bits per heavy atom. The van der Waals surface area contributed by atoms with E-state index in [9.17, 15) is 9.59 Å². The van der Waals surface area contributed by atoms with Gasteiger partial charge in [0.2, 0.25) is 5.91 Å². The molecule has 0 atom stereocenters. The number of hydrogen-bond donors (Lipinski definition) is 1. The summed E-state index contributed by atoms with van der Waals surface area (Å²) < 4.78 is 0. The summed E-state index contributed by atoms with van der Waals surface area (Å²) in [5.74, 6) is -0.0702. The normalized spacial score (nSPS) is 16.0. The van der Waals surface area contributed by atoms with E-state index in [1.165, 1.54) is 37.0 Å². The molecular weight excluding hydrogens is 254 g/mol. The lowest BCUT2D eigenvalue weighted by molar-refractivity contribution is -0.117. The van der Waals surface area contributed by atoms with Gasteiger partial charge in [0.05, 0.1) is 10.6 Å². The van der Waals surface area contributed by atoms with Crippen molar-refractivity contribution < 1.29 is 9.59 Å². The van der Waals surface area contributed by atoms with Gasteiger partial charge in [-0.25, -0.2) is 0 Å². The van der Waals surface area contributed by atoms with Gasteiger partial charge in [0.25, 0.3) is 5.91 Å². The van der Waals surface area contributed by atoms with Crippen molar-refractivity contribution in [1.82, 2.24) is 5.32 Å². The summed E-state index contributed by atoms with van der Waals surface area (Å²) in [6.07, 6.45) is 4.95. The Bertz CT molecular complexity index is 383. The van der Waals surface area contributed by atoms with E-state index in [0.717, 1.165) is 0 Å². The second kappa shape index (κ2) is 6.21. The van der Waals surface area contributed by atoms with Crippen LogP contribution in [0.3, 0.4) is 0 Å². The van der Waals surface area contributed by atoms with E-state index in [4.69, 9.17) is 0 Å². The molecule has 1 aliphatic rings. The minimum atomic E-state index is -0.281. The van der Waals surface area contributed by atoms with Crippen LogP contribution in [0, 0.1) is 0 Å². The largest absolute Gasteiger partial charge is 0.291 e. The number of hydrogen-bond acceptors (Lipinski definition) is 4. The molecule has 3 nitrogen and oxygen atoms in total. The number of imide groups is 1. The van der Waals surface area contributed by atoms with E-state index in [1.54, 1.807) is 23.9 Å². The van der Waals surface area contributed by atoms with Crippen LogP contribution in [0.2, 0.25) is 0 Å². The molecule has 17 heavy (non-hydrogen) atoms. The van der Waals surface area contributed by atoms with Crippen LogP contribution in [-0.2, 0) is 4.79 Å². The summed E-state index contributed by atoms with van der Waals surface area (Å²) in [6.45, 7) is 0. The number of amides is 2. The molecule has 1 aliphatic carbocycles. The third kappa shape index (κ3) is 3.85. The third-order valence-corrected chi connectivity index (χ3v) is 4.99. The van der Waals surface area contributed by atoms with Gasteiger partial charge in [0.15, 0.2) is 0 Å². The molecular formula is C12H15NO2S2. The highest BCUT2D eigenvalue weighted by Crippen LogP contribution is 2.29. The molecule has 92 valence electrons. The van der Waals surface area contributed by atoms with Crippen molar-refractivity contribution in [3.63, 3.8) is 0 Å². The van der Waals surface area contributed by atoms with Crippen LogP contribution in [0.4, 0.5) is 0 Å². The van der Waals surface area contributed by atoms with E-state index in [1.807, 2.05) is 5.38 Å². The predicted octanol–water partition coefficient (Wildman–Crippen LogP) is 2.68. The first kappa shape index (κ1) is 12.6. The molecule has 0 bridgehead atoms. The van der Waals surface area contributed by atoms with Crippen molar-refractivity contribution in [3.8, 4) is 0 Å². The molecule has 1 aromatic rings. The third-order valence-electron chi connectivity index (χ3n) is 2.75. The van der Waals surface area contributed by atoms with Gasteiger partial charge in [-0.05, 0) is 24.3 Å². The minimum absolute atomic E-state index is 0.180. The number of carbonyl (C=O) groups is 2. The smallest absolute Gasteiger partial charge is 0.267 e. The van der Waals surface area contributed by atoms with Crippen molar-refractivity contribution >= 4 is 34.9 Å². The first-order valence-electron chi connectivity index (χ1n) is 5.75. The van der Waals surface area contributed by atoms with Crippen LogP contribution in [-0.4, -0.2) is 22.8 Å². The highest BCUT2D eigenvalue weighted by atomic mass is 32.2. The van der Waals surface area contributed by atoms with Crippen LogP contribution in [0.25, 0.3) is 0 Å². The van der Waals surface area contributed by atoms with Crippen molar-refractivity contribution in [3.05, 3.63) is 22.4 Å². The van der Waals surface area contributed by atoms with Crippen LogP contribution < -0.4 is 5.32 Å². The molecule has 1 saturated carbocycles. The fourth-order valence-corrected chi connectivity index (χ4v) is 3.63. The van der Waals surface area contributed by atoms with Crippen molar-refractivity contribution in [2.45, 2.75) is 30.9 Å². The second-order valence-electron chi connectivity index (χ2n) is 4.07. The van der Waals surface area contributed by atoms with Crippen LogP contribution >= 0.6 is 23.1 Å². The van der Waals surface area contributed by atoms with Crippen molar-refractivity contribution in [2.75, 3.05) is 5.75 Å². The lowest BCUT2D eigenvalue weighted by atomic mass is 10.4. The van der Waals surface area contributed by atoms with Crippen LogP contribution in [0.1, 0.15) is 35.4 Å². The fraction of sp³-hybridized carbons (Fsp3) is 0.500. The Hall–Kier alpha value is -0.810. The summed E-state index contributed by atoms with van der Waals surface area (Å²) in [6, 6.07) is 3.52. The molecule has 0 radical (unpaired) electrons. The van der Waals surface area contributed by atoms with Gasteiger partial charge in [-0.3, -0.25) is 14.9 Å². The Morgan fingerprint density at radius 2 is 2.18 bits per heavy atom. The van der Waals surface area contributed by atoms with Crippen LogP contribution in [0.15, 0.2) is 17.5 Å². The SMILES string of the molecule is O=C(CSC1CCCC1)NC(=O)c1cccs1. The topological polar surface area (TPSA) is 46.2 Å². The van der Waals surface area contributed by atoms with Crippen molar-refractivity contribution in [1.29, 1.82) is 0 Å². The molecule has 5 heteroatoms. The number of thioether (sulfide) groups is 1. The summed E-state index contributed by atoms with van der Waals surface area (Å²) >= 11 is 3.02. The molecule has 2 amide bonds. The highest BCUT2D eigenvalue weighted by Gasteiger charge is 2.17. The van der Waals surface area contributed by atoms with E-state index >= 15 is 0 Å². The standard InChI is InChI=1S/C12H15NO2S2/c14-11(8-17-9-4-1-2-5-9)13-12(15)10-6-3-7-16-10/h3,6-7,9H,1-2,4-5,8H2,(H,13,14,15). The number of carbonyl (C=O) groups excluding carboxylic acids is 2. The Morgan fingerprint density at radius 1 is 1.41 bits per heavy atom. The molecule has 1 aromatic heterocycles. The summed E-state index contributed by atoms with van der Waals surface area (Å²) in [7, 11) is 0. The second-order valence-corrected chi connectivity index (χ2v) is 6.31. The summed E-state index contributed by atoms with van der Waals surface area (Å²) in [4.78, 5) is 23.7. The average molecular weight is 269 g/mol. The zero-order chi connectivity index (χ0) is 12.1. The maximum Gasteiger partial charge on any atom is 0.267 e. The minimum Gasteiger partial charge on any atom is -0.291 e. The van der Waals surface area contributed by atoms with Crippen molar-refractivity contribution in [2.24, 2.45) is 0 Å². The maximum absolute atomic E-state index is 11.6. The zero-order valence-electron chi connectivity index (χ0n) is 9.48. The van der Waals surface area contributed by atoms with Gasteiger partial charge >= 0.3 is 0 Å². The molecule has 1 N–H and O–H groups in total. The lowest BCUT2D eigenvalue weighted by Gasteiger charge is -2.07. The number of thiophene rings is 1. The van der Waals surface area contributed by atoms with Gasteiger partial charge in [-0.1, -0.05) is 18.9 Å². The fourth-order valence-electron chi connectivity index (χ4n) is 1.88. The maximum atomic E-state index is 11.6. The van der Waals surface area contributed by atoms with E-state index in [2.05, 4.69) is 5.32 Å². The molecule has 0 unspecified atom stereocenters. The molecule has 2 rings (SSSR count). The van der Waals surface area contributed by atoms with E-state index in [-0.39, 0.29) is 11.8 Å². The highest BCUT2D eigenvalue weighted by molar-refractivity contribution is 8.00. The van der Waals surface area contributed by atoms with Gasteiger partial charge in [-0.2, -0.15) is 0 Å². The predicted molar refractivity (Wildman–Crippen MR) is 71.5 cm³/mol. The summed E-state index contributed by atoms with van der Waals surface area (Å²) in [5, 5.41) is 4.85. The molecule has 0 spiro atoms. The molecule has 1 fully saturated rings. The lowest BCUT2D eigenvalue weighted by Crippen LogP contribution is -2.31. The van der Waals surface area contributed by atoms with E-state index in [0.29, 0.717) is 15.9 Å². The monoisotopic (exact) mass is 269 g/mol. The number of nitrogens with one attached hydrogen (secondary N) is 1. The quantitative estimate of drug-likeness (QED) is 0.914. The molecule has 0 aliphatic heterocycles. The Labute approximate surface area is 109 Å². The van der Waals surface area contributed by atoms with Gasteiger partial charge < -0.3 is 0 Å². The summed E-state index contributed by atoms with van der Waals surface area (Å²) in [5.41, 5.74) is 0. The van der Waals surface area contributed by atoms with Gasteiger partial charge in [-0.15, -0.1) is 23.1 Å². The van der Waals surface area contributed by atoms with Crippen LogP contribution in [0.5, 0.6) is 0 Å². The first-order valence-corrected chi connectivity index (χ1v) is 7.68. The number of rotatable bonds is 4. The molecule has 1 heterocycles.